The normalized spacial score (nSPS) is 10.7. The molecule has 7 heteroatoms. The minimum absolute atomic E-state index is 0.495. The van der Waals surface area contributed by atoms with Crippen LogP contribution in [0.3, 0.4) is 0 Å². The summed E-state index contributed by atoms with van der Waals surface area (Å²) in [5.74, 6) is 0.634. The molecule has 0 aliphatic rings. The highest BCUT2D eigenvalue weighted by atomic mass is 35.5. The van der Waals surface area contributed by atoms with E-state index < -0.39 is 0 Å². The summed E-state index contributed by atoms with van der Waals surface area (Å²) in [6, 6.07) is 3.62. The van der Waals surface area contributed by atoms with Gasteiger partial charge in [0.1, 0.15) is 10.8 Å². The molecule has 0 aromatic carbocycles. The Hall–Kier alpha value is -1.04. The number of hydrogen-bond acceptors (Lipinski definition) is 5. The smallest absolute Gasteiger partial charge is 0.194 e. The number of aromatic nitrogens is 3. The van der Waals surface area contributed by atoms with E-state index in [-0.39, 0.29) is 0 Å². The Balaban J connectivity index is 2.30. The van der Waals surface area contributed by atoms with E-state index in [9.17, 15) is 0 Å². The number of anilines is 1. The largest absolute Gasteiger partial charge is 0.369 e. The summed E-state index contributed by atoms with van der Waals surface area (Å²) >= 11 is 13.7. The lowest BCUT2D eigenvalue weighted by Gasteiger charge is -2.10. The van der Waals surface area contributed by atoms with Gasteiger partial charge in [-0.2, -0.15) is 0 Å². The molecular weight excluding hydrogens is 327 g/mol. The quantitative estimate of drug-likeness (QED) is 0.793. The summed E-state index contributed by atoms with van der Waals surface area (Å²) in [5, 5.41) is 5.46. The van der Waals surface area contributed by atoms with Gasteiger partial charge in [-0.25, -0.2) is 15.0 Å². The van der Waals surface area contributed by atoms with Crippen LogP contribution in [-0.2, 0) is 0 Å². The molecule has 0 atom stereocenters. The first-order valence-corrected chi connectivity index (χ1v) is 8.17. The van der Waals surface area contributed by atoms with E-state index in [1.807, 2.05) is 19.9 Å². The van der Waals surface area contributed by atoms with Crippen LogP contribution in [0.25, 0.3) is 0 Å². The third-order valence-corrected chi connectivity index (χ3v) is 4.15. The van der Waals surface area contributed by atoms with Crippen LogP contribution in [0.15, 0.2) is 22.3 Å². The Morgan fingerprint density at radius 3 is 2.33 bits per heavy atom. The minimum atomic E-state index is 0.495. The van der Waals surface area contributed by atoms with E-state index in [0.29, 0.717) is 26.0 Å². The number of aryl methyl sites for hydroxylation is 2. The molecule has 0 saturated heterocycles. The van der Waals surface area contributed by atoms with Gasteiger partial charge in [0.2, 0.25) is 0 Å². The van der Waals surface area contributed by atoms with Gasteiger partial charge < -0.3 is 5.32 Å². The van der Waals surface area contributed by atoms with Gasteiger partial charge in [0.05, 0.1) is 10.0 Å². The van der Waals surface area contributed by atoms with E-state index in [1.165, 1.54) is 11.8 Å². The molecule has 0 aliphatic carbocycles. The van der Waals surface area contributed by atoms with Crippen molar-refractivity contribution in [1.82, 2.24) is 15.0 Å². The number of nitrogens with one attached hydrogen (secondary N) is 1. The zero-order valence-electron chi connectivity index (χ0n) is 12.1. The monoisotopic (exact) mass is 342 g/mol. The minimum Gasteiger partial charge on any atom is -0.369 e. The summed E-state index contributed by atoms with van der Waals surface area (Å²) in [4.78, 5) is 13.2. The number of hydrogen-bond donors (Lipinski definition) is 1. The number of rotatable bonds is 5. The van der Waals surface area contributed by atoms with Gasteiger partial charge in [-0.05, 0) is 44.2 Å². The topological polar surface area (TPSA) is 50.7 Å². The van der Waals surface area contributed by atoms with Crippen molar-refractivity contribution in [2.24, 2.45) is 0 Å². The van der Waals surface area contributed by atoms with E-state index in [2.05, 4.69) is 27.2 Å². The molecule has 0 saturated carbocycles. The zero-order valence-corrected chi connectivity index (χ0v) is 14.4. The van der Waals surface area contributed by atoms with Crippen molar-refractivity contribution in [2.75, 3.05) is 11.9 Å². The van der Waals surface area contributed by atoms with Crippen LogP contribution in [0, 0.1) is 13.8 Å². The highest BCUT2D eigenvalue weighted by Crippen LogP contribution is 2.34. The molecule has 2 heterocycles. The molecule has 0 spiro atoms. The van der Waals surface area contributed by atoms with Crippen molar-refractivity contribution in [3.8, 4) is 0 Å². The molecular formula is C14H16Cl2N4S. The van der Waals surface area contributed by atoms with Gasteiger partial charge in [0.25, 0.3) is 0 Å². The van der Waals surface area contributed by atoms with E-state index in [4.69, 9.17) is 23.2 Å². The molecule has 0 aliphatic heterocycles. The molecule has 2 aromatic rings. The third kappa shape index (κ3) is 4.46. The van der Waals surface area contributed by atoms with Gasteiger partial charge in [0, 0.05) is 17.9 Å². The second-order valence-electron chi connectivity index (χ2n) is 4.57. The maximum absolute atomic E-state index is 6.21. The fourth-order valence-corrected chi connectivity index (χ4v) is 3.10. The van der Waals surface area contributed by atoms with Crippen LogP contribution < -0.4 is 5.32 Å². The van der Waals surface area contributed by atoms with Crippen molar-refractivity contribution in [2.45, 2.75) is 37.4 Å². The van der Waals surface area contributed by atoms with Gasteiger partial charge >= 0.3 is 0 Å². The summed E-state index contributed by atoms with van der Waals surface area (Å²) in [5.41, 5.74) is 1.83. The molecule has 0 bridgehead atoms. The maximum atomic E-state index is 6.21. The number of nitrogens with zero attached hydrogens (tertiary/aromatic N) is 3. The third-order valence-electron chi connectivity index (χ3n) is 2.59. The Morgan fingerprint density at radius 2 is 1.71 bits per heavy atom. The fourth-order valence-electron chi connectivity index (χ4n) is 1.71. The van der Waals surface area contributed by atoms with Crippen molar-refractivity contribution >= 4 is 40.8 Å². The van der Waals surface area contributed by atoms with Crippen LogP contribution in [0.5, 0.6) is 0 Å². The lowest BCUT2D eigenvalue weighted by molar-refractivity contribution is 0.898. The highest BCUT2D eigenvalue weighted by molar-refractivity contribution is 7.99. The summed E-state index contributed by atoms with van der Waals surface area (Å²) in [7, 11) is 0. The predicted octanol–water partition coefficient (Wildman–Crippen LogP) is 4.77. The fraction of sp³-hybridized carbons (Fsp3) is 0.357. The average molecular weight is 343 g/mol. The van der Waals surface area contributed by atoms with Crippen molar-refractivity contribution in [3.05, 3.63) is 33.6 Å². The van der Waals surface area contributed by atoms with Crippen LogP contribution in [0.2, 0.25) is 10.0 Å². The van der Waals surface area contributed by atoms with Crippen molar-refractivity contribution < 1.29 is 0 Å². The van der Waals surface area contributed by atoms with Gasteiger partial charge in [-0.15, -0.1) is 0 Å². The molecule has 2 aromatic heterocycles. The Morgan fingerprint density at radius 1 is 1.05 bits per heavy atom. The van der Waals surface area contributed by atoms with Gasteiger partial charge in [0.15, 0.2) is 5.16 Å². The number of halogens is 2. The molecule has 21 heavy (non-hydrogen) atoms. The Kier molecular flexibility index (Phi) is 5.67. The first-order valence-electron chi connectivity index (χ1n) is 6.59. The lowest BCUT2D eigenvalue weighted by atomic mass is 10.4. The van der Waals surface area contributed by atoms with Crippen LogP contribution in [0.1, 0.15) is 24.7 Å². The lowest BCUT2D eigenvalue weighted by Crippen LogP contribution is -2.03. The molecule has 2 rings (SSSR count). The second-order valence-corrected chi connectivity index (χ2v) is 6.34. The first-order chi connectivity index (χ1) is 9.99. The molecule has 112 valence electrons. The Labute approximate surface area is 138 Å². The van der Waals surface area contributed by atoms with Crippen LogP contribution in [0.4, 0.5) is 5.82 Å². The van der Waals surface area contributed by atoms with E-state index >= 15 is 0 Å². The molecule has 0 unspecified atom stereocenters. The standard InChI is InChI=1S/C14H16Cl2N4S/c1-4-5-17-12-10(15)7-11(16)13(20-12)21-14-18-8(2)6-9(3)19-14/h6-7H,4-5H2,1-3H3,(H,17,20). The van der Waals surface area contributed by atoms with Crippen LogP contribution >= 0.6 is 35.0 Å². The molecule has 4 nitrogen and oxygen atoms in total. The van der Waals surface area contributed by atoms with Crippen molar-refractivity contribution in [3.63, 3.8) is 0 Å². The number of pyridine rings is 1. The molecule has 0 fully saturated rings. The predicted molar refractivity (Wildman–Crippen MR) is 88.7 cm³/mol. The van der Waals surface area contributed by atoms with E-state index in [1.54, 1.807) is 6.07 Å². The summed E-state index contributed by atoms with van der Waals surface area (Å²) in [6.07, 6.45) is 0.989. The average Bonchev–Trinajstić information content (AvgIpc) is 2.39. The van der Waals surface area contributed by atoms with Gasteiger partial charge in [-0.1, -0.05) is 30.1 Å². The molecule has 0 radical (unpaired) electrons. The van der Waals surface area contributed by atoms with Crippen LogP contribution in [-0.4, -0.2) is 21.5 Å². The highest BCUT2D eigenvalue weighted by Gasteiger charge is 2.12. The maximum Gasteiger partial charge on any atom is 0.194 e. The molecule has 1 N–H and O–H groups in total. The zero-order chi connectivity index (χ0) is 15.4. The van der Waals surface area contributed by atoms with Crippen molar-refractivity contribution in [1.29, 1.82) is 0 Å². The van der Waals surface area contributed by atoms with E-state index in [0.717, 1.165) is 24.4 Å². The summed E-state index contributed by atoms with van der Waals surface area (Å²) < 4.78 is 0. The summed E-state index contributed by atoms with van der Waals surface area (Å²) in [6.45, 7) is 6.75. The first kappa shape index (κ1) is 16.3. The van der Waals surface area contributed by atoms with Gasteiger partial charge in [-0.3, -0.25) is 0 Å². The molecule has 0 amide bonds. The Bertz CT molecular complexity index is 629. The SMILES string of the molecule is CCCNc1nc(Sc2nc(C)cc(C)n2)c(Cl)cc1Cl. The second kappa shape index (κ2) is 7.29.